The number of unbranched alkanes of at least 4 members (excludes halogenated alkanes) is 8. The molecule has 0 saturated carbocycles. The highest BCUT2D eigenvalue weighted by Gasteiger charge is 2.06. The number of ether oxygens (including phenoxy) is 2. The normalized spacial score (nSPS) is 11.0. The maximum Gasteiger partial charge on any atom is 0.119 e. The van der Waals surface area contributed by atoms with Crippen molar-refractivity contribution in [3.05, 3.63) is 60.7 Å². The van der Waals surface area contributed by atoms with Crippen LogP contribution in [0.4, 0.5) is 0 Å². The molecule has 0 N–H and O–H groups in total. The van der Waals surface area contributed by atoms with Crippen LogP contribution in [0.2, 0.25) is 0 Å². The van der Waals surface area contributed by atoms with Crippen LogP contribution in [0.1, 0.15) is 78.1 Å². The van der Waals surface area contributed by atoms with E-state index in [0.717, 1.165) is 37.6 Å². The van der Waals surface area contributed by atoms with Crippen molar-refractivity contribution in [2.75, 3.05) is 13.2 Å². The van der Waals surface area contributed by atoms with Gasteiger partial charge in [0.1, 0.15) is 11.5 Å². The number of hydrogen-bond donors (Lipinski definition) is 0. The van der Waals surface area contributed by atoms with Crippen molar-refractivity contribution in [1.29, 1.82) is 0 Å². The average molecular weight is 465 g/mol. The smallest absolute Gasteiger partial charge is 0.119 e. The summed E-state index contributed by atoms with van der Waals surface area (Å²) in [6.07, 6.45) is 12.6. The van der Waals surface area contributed by atoms with E-state index in [-0.39, 0.29) is 0 Å². The van der Waals surface area contributed by atoms with Crippen LogP contribution in [-0.4, -0.2) is 13.2 Å². The van der Waals surface area contributed by atoms with Gasteiger partial charge in [-0.3, -0.25) is 0 Å². The molecular weight excluding hydrogens is 424 g/mol. The van der Waals surface area contributed by atoms with Crippen LogP contribution in [-0.2, 0) is 0 Å². The quantitative estimate of drug-likeness (QED) is 0.196. The highest BCUT2D eigenvalue weighted by Crippen LogP contribution is 2.35. The summed E-state index contributed by atoms with van der Waals surface area (Å²) in [5, 5.41) is 0. The van der Waals surface area contributed by atoms with Gasteiger partial charge in [0.05, 0.1) is 13.2 Å². The Hall–Kier alpha value is -2.26. The maximum absolute atomic E-state index is 5.91. The van der Waals surface area contributed by atoms with Crippen LogP contribution in [0.3, 0.4) is 0 Å². The Labute approximate surface area is 205 Å². The molecule has 0 fully saturated rings. The predicted octanol–water partition coefficient (Wildman–Crippen LogP) is 9.78. The molecule has 0 saturated heterocycles. The van der Waals surface area contributed by atoms with Gasteiger partial charge in [0.25, 0.3) is 0 Å². The van der Waals surface area contributed by atoms with Gasteiger partial charge in [0, 0.05) is 9.75 Å². The summed E-state index contributed by atoms with van der Waals surface area (Å²) in [5.41, 5.74) is 2.48. The van der Waals surface area contributed by atoms with Crippen molar-refractivity contribution in [2.45, 2.75) is 78.1 Å². The fourth-order valence-electron chi connectivity index (χ4n) is 3.87. The van der Waals surface area contributed by atoms with E-state index in [1.807, 2.05) is 11.3 Å². The summed E-state index contributed by atoms with van der Waals surface area (Å²) in [7, 11) is 0. The lowest BCUT2D eigenvalue weighted by Crippen LogP contribution is -1.97. The van der Waals surface area contributed by atoms with E-state index in [4.69, 9.17) is 9.47 Å². The lowest BCUT2D eigenvalue weighted by atomic mass is 10.1. The minimum atomic E-state index is 0.810. The molecule has 0 amide bonds. The average Bonchev–Trinajstić information content (AvgIpc) is 3.35. The highest BCUT2D eigenvalue weighted by atomic mass is 32.1. The molecule has 0 aliphatic rings. The van der Waals surface area contributed by atoms with Gasteiger partial charge in [-0.25, -0.2) is 0 Å². The molecule has 0 aliphatic carbocycles. The van der Waals surface area contributed by atoms with Gasteiger partial charge < -0.3 is 9.47 Å². The molecule has 33 heavy (non-hydrogen) atoms. The van der Waals surface area contributed by atoms with E-state index in [2.05, 4.69) is 74.5 Å². The summed E-state index contributed by atoms with van der Waals surface area (Å²) in [6.45, 7) is 6.11. The molecule has 1 heterocycles. The fraction of sp³-hybridized carbons (Fsp3) is 0.467. The van der Waals surface area contributed by atoms with E-state index >= 15 is 0 Å². The molecule has 0 unspecified atom stereocenters. The molecule has 0 radical (unpaired) electrons. The second-order valence-electron chi connectivity index (χ2n) is 8.74. The molecule has 0 spiro atoms. The lowest BCUT2D eigenvalue weighted by Gasteiger charge is -2.07. The lowest BCUT2D eigenvalue weighted by molar-refractivity contribution is 0.304. The third-order valence-corrected chi connectivity index (χ3v) is 7.10. The molecule has 178 valence electrons. The minimum absolute atomic E-state index is 0.810. The molecular formula is C30H40O2S. The van der Waals surface area contributed by atoms with Crippen molar-refractivity contribution in [2.24, 2.45) is 0 Å². The van der Waals surface area contributed by atoms with E-state index in [1.165, 1.54) is 72.2 Å². The Morgan fingerprint density at radius 3 is 1.27 bits per heavy atom. The Kier molecular flexibility index (Phi) is 11.4. The summed E-state index contributed by atoms with van der Waals surface area (Å²) < 4.78 is 11.8. The van der Waals surface area contributed by atoms with Crippen LogP contribution >= 0.6 is 11.3 Å². The zero-order valence-electron chi connectivity index (χ0n) is 20.5. The first-order valence-corrected chi connectivity index (χ1v) is 13.7. The number of rotatable bonds is 16. The first-order valence-electron chi connectivity index (χ1n) is 12.9. The topological polar surface area (TPSA) is 18.5 Å². The van der Waals surface area contributed by atoms with E-state index < -0.39 is 0 Å². The van der Waals surface area contributed by atoms with Crippen molar-refractivity contribution >= 4 is 11.3 Å². The molecule has 0 bridgehead atoms. The summed E-state index contributed by atoms with van der Waals surface area (Å²) in [5.74, 6) is 1.93. The second kappa shape index (κ2) is 14.8. The van der Waals surface area contributed by atoms with Crippen molar-refractivity contribution < 1.29 is 9.47 Å². The van der Waals surface area contributed by atoms with Crippen LogP contribution in [0.5, 0.6) is 11.5 Å². The Morgan fingerprint density at radius 2 is 0.879 bits per heavy atom. The van der Waals surface area contributed by atoms with Gasteiger partial charge >= 0.3 is 0 Å². The third kappa shape index (κ3) is 8.89. The standard InChI is InChI=1S/C30H40O2S/c1-3-5-7-9-11-23-31-27-17-13-25(14-18-27)29-21-22-30(33-29)26-15-19-28(20-16-26)32-24-12-10-8-6-4-2/h13-22H,3-12,23-24H2,1-2H3. The Balaban J connectivity index is 1.46. The molecule has 3 aromatic rings. The highest BCUT2D eigenvalue weighted by molar-refractivity contribution is 7.18. The van der Waals surface area contributed by atoms with Crippen molar-refractivity contribution in [3.8, 4) is 32.4 Å². The molecule has 0 atom stereocenters. The zero-order chi connectivity index (χ0) is 23.1. The number of hydrogen-bond acceptors (Lipinski definition) is 3. The fourth-order valence-corrected chi connectivity index (χ4v) is 4.89. The third-order valence-electron chi connectivity index (χ3n) is 5.92. The van der Waals surface area contributed by atoms with Crippen LogP contribution in [0.25, 0.3) is 20.9 Å². The first kappa shape index (κ1) is 25.4. The van der Waals surface area contributed by atoms with Gasteiger partial charge in [-0.05, 0) is 84.6 Å². The summed E-state index contributed by atoms with van der Waals surface area (Å²) in [6, 6.07) is 21.5. The molecule has 2 aromatic carbocycles. The van der Waals surface area contributed by atoms with E-state index in [0.29, 0.717) is 0 Å². The van der Waals surface area contributed by atoms with E-state index in [9.17, 15) is 0 Å². The van der Waals surface area contributed by atoms with Crippen molar-refractivity contribution in [3.63, 3.8) is 0 Å². The zero-order valence-corrected chi connectivity index (χ0v) is 21.3. The summed E-state index contributed by atoms with van der Waals surface area (Å²) >= 11 is 1.83. The van der Waals surface area contributed by atoms with E-state index in [1.54, 1.807) is 0 Å². The predicted molar refractivity (Wildman–Crippen MR) is 144 cm³/mol. The van der Waals surface area contributed by atoms with Crippen LogP contribution in [0.15, 0.2) is 60.7 Å². The summed E-state index contributed by atoms with van der Waals surface area (Å²) in [4.78, 5) is 2.56. The maximum atomic E-state index is 5.91. The second-order valence-corrected chi connectivity index (χ2v) is 9.82. The SMILES string of the molecule is CCCCCCCOc1ccc(-c2ccc(-c3ccc(OCCCCCCC)cc3)s2)cc1. The van der Waals surface area contributed by atoms with Crippen molar-refractivity contribution in [1.82, 2.24) is 0 Å². The molecule has 0 aliphatic heterocycles. The van der Waals surface area contributed by atoms with Crippen LogP contribution < -0.4 is 9.47 Å². The minimum Gasteiger partial charge on any atom is -0.494 e. The largest absolute Gasteiger partial charge is 0.494 e. The van der Waals surface area contributed by atoms with Gasteiger partial charge in [-0.1, -0.05) is 65.2 Å². The first-order chi connectivity index (χ1) is 16.3. The monoisotopic (exact) mass is 464 g/mol. The Morgan fingerprint density at radius 1 is 0.485 bits per heavy atom. The molecule has 3 rings (SSSR count). The van der Waals surface area contributed by atoms with Gasteiger partial charge in [0.15, 0.2) is 0 Å². The van der Waals surface area contributed by atoms with Crippen LogP contribution in [0, 0.1) is 0 Å². The number of benzene rings is 2. The molecule has 1 aromatic heterocycles. The molecule has 3 heteroatoms. The van der Waals surface area contributed by atoms with Gasteiger partial charge in [0.2, 0.25) is 0 Å². The number of thiophene rings is 1. The van der Waals surface area contributed by atoms with Gasteiger partial charge in [-0.2, -0.15) is 0 Å². The molecule has 2 nitrogen and oxygen atoms in total. The van der Waals surface area contributed by atoms with Gasteiger partial charge in [-0.15, -0.1) is 11.3 Å². The Bertz CT molecular complexity index is 822.